The topological polar surface area (TPSA) is 64.4 Å². The second-order valence-corrected chi connectivity index (χ2v) is 6.44. The van der Waals surface area contributed by atoms with E-state index >= 15 is 0 Å². The molecule has 0 spiro atoms. The summed E-state index contributed by atoms with van der Waals surface area (Å²) in [7, 11) is 0. The zero-order valence-electron chi connectivity index (χ0n) is 13.3. The summed E-state index contributed by atoms with van der Waals surface area (Å²) in [5, 5.41) is 0.716. The van der Waals surface area contributed by atoms with Gasteiger partial charge in [-0.15, -0.1) is 0 Å². The second kappa shape index (κ2) is 6.60. The van der Waals surface area contributed by atoms with Gasteiger partial charge in [0.25, 0.3) is 0 Å². The normalized spacial score (nSPS) is 14.1. The molecule has 1 saturated heterocycles. The number of fused-ring (bicyclic) bond motifs is 1. The highest BCUT2D eigenvalue weighted by atomic mass is 32.2. The van der Waals surface area contributed by atoms with Gasteiger partial charge in [-0.1, -0.05) is 42.1 Å². The molecular weight excluding hydrogens is 338 g/mol. The van der Waals surface area contributed by atoms with Crippen molar-refractivity contribution in [1.82, 2.24) is 14.5 Å². The number of hydrogen-bond donors (Lipinski definition) is 0. The largest absolute Gasteiger partial charge is 0.447 e. The Morgan fingerprint density at radius 3 is 2.64 bits per heavy atom. The van der Waals surface area contributed by atoms with Gasteiger partial charge >= 0.3 is 6.09 Å². The van der Waals surface area contributed by atoms with Gasteiger partial charge in [0.1, 0.15) is 6.61 Å². The fourth-order valence-corrected chi connectivity index (χ4v) is 3.66. The van der Waals surface area contributed by atoms with Crippen molar-refractivity contribution < 1.29 is 14.3 Å². The Hall–Kier alpha value is -2.80. The number of rotatable bonds is 4. The molecule has 126 valence electrons. The Labute approximate surface area is 148 Å². The van der Waals surface area contributed by atoms with Crippen molar-refractivity contribution >= 4 is 34.8 Å². The molecule has 1 aromatic heterocycles. The van der Waals surface area contributed by atoms with Gasteiger partial charge in [-0.3, -0.25) is 9.36 Å². The van der Waals surface area contributed by atoms with Crippen LogP contribution in [0.15, 0.2) is 59.8 Å². The highest BCUT2D eigenvalue weighted by molar-refractivity contribution is 7.99. The number of nitrogens with zero attached hydrogens (tertiary/aromatic N) is 3. The molecule has 2 heterocycles. The summed E-state index contributed by atoms with van der Waals surface area (Å²) in [4.78, 5) is 29.6. The maximum Gasteiger partial charge on any atom is 0.416 e. The van der Waals surface area contributed by atoms with Crippen molar-refractivity contribution in [3.05, 3.63) is 54.6 Å². The van der Waals surface area contributed by atoms with Crippen LogP contribution >= 0.6 is 11.8 Å². The van der Waals surface area contributed by atoms with Crippen LogP contribution in [0.4, 0.5) is 4.79 Å². The molecule has 0 N–H and O–H groups in total. The molecule has 0 unspecified atom stereocenters. The van der Waals surface area contributed by atoms with Crippen molar-refractivity contribution in [3.8, 4) is 5.69 Å². The summed E-state index contributed by atoms with van der Waals surface area (Å²) in [5.41, 5.74) is 2.82. The Balaban J connectivity index is 1.65. The van der Waals surface area contributed by atoms with Crippen molar-refractivity contribution in [1.29, 1.82) is 0 Å². The number of imide groups is 1. The zero-order chi connectivity index (χ0) is 17.2. The minimum absolute atomic E-state index is 0.130. The van der Waals surface area contributed by atoms with E-state index in [0.29, 0.717) is 11.7 Å². The third-order valence-corrected chi connectivity index (χ3v) is 4.85. The summed E-state index contributed by atoms with van der Waals surface area (Å²) < 4.78 is 6.84. The van der Waals surface area contributed by atoms with Gasteiger partial charge in [0.15, 0.2) is 5.16 Å². The van der Waals surface area contributed by atoms with E-state index in [0.717, 1.165) is 21.6 Å². The summed E-state index contributed by atoms with van der Waals surface area (Å²) in [6.07, 6.45) is -0.567. The maximum absolute atomic E-state index is 12.3. The summed E-state index contributed by atoms with van der Waals surface area (Å²) >= 11 is 1.32. The highest BCUT2D eigenvalue weighted by Crippen LogP contribution is 2.28. The number of hydrogen-bond acceptors (Lipinski definition) is 5. The summed E-state index contributed by atoms with van der Waals surface area (Å²) in [5.74, 6) is -0.134. The predicted molar refractivity (Wildman–Crippen MR) is 94.9 cm³/mol. The van der Waals surface area contributed by atoms with E-state index in [4.69, 9.17) is 4.74 Å². The average Bonchev–Trinajstić information content (AvgIpc) is 3.23. The van der Waals surface area contributed by atoms with Gasteiger partial charge in [0.05, 0.1) is 23.3 Å². The second-order valence-electron chi connectivity index (χ2n) is 5.50. The number of cyclic esters (lactones) is 1. The van der Waals surface area contributed by atoms with Crippen LogP contribution in [0.25, 0.3) is 16.7 Å². The lowest BCUT2D eigenvalue weighted by molar-refractivity contribution is -0.125. The Morgan fingerprint density at radius 2 is 1.88 bits per heavy atom. The van der Waals surface area contributed by atoms with Crippen LogP contribution in [-0.4, -0.2) is 45.4 Å². The minimum atomic E-state index is -0.567. The molecule has 7 heteroatoms. The molecule has 0 aliphatic carbocycles. The molecule has 0 saturated carbocycles. The Kier molecular flexibility index (Phi) is 4.15. The number of ether oxygens (including phenoxy) is 1. The van der Waals surface area contributed by atoms with E-state index in [1.165, 1.54) is 11.8 Å². The smallest absolute Gasteiger partial charge is 0.416 e. The van der Waals surface area contributed by atoms with Gasteiger partial charge in [0, 0.05) is 5.69 Å². The van der Waals surface area contributed by atoms with Crippen LogP contribution in [-0.2, 0) is 9.53 Å². The van der Waals surface area contributed by atoms with E-state index in [-0.39, 0.29) is 18.3 Å². The average molecular weight is 353 g/mol. The number of amides is 2. The first-order chi connectivity index (χ1) is 12.2. The number of thioether (sulfide) groups is 1. The van der Waals surface area contributed by atoms with Crippen molar-refractivity contribution in [2.24, 2.45) is 0 Å². The quantitative estimate of drug-likeness (QED) is 0.675. The highest BCUT2D eigenvalue weighted by Gasteiger charge is 2.28. The first kappa shape index (κ1) is 15.7. The van der Waals surface area contributed by atoms with Crippen molar-refractivity contribution in [3.63, 3.8) is 0 Å². The van der Waals surface area contributed by atoms with Crippen LogP contribution in [0.3, 0.4) is 0 Å². The minimum Gasteiger partial charge on any atom is -0.447 e. The van der Waals surface area contributed by atoms with E-state index in [1.54, 1.807) is 0 Å². The van der Waals surface area contributed by atoms with Crippen LogP contribution in [0.2, 0.25) is 0 Å². The van der Waals surface area contributed by atoms with E-state index < -0.39 is 6.09 Å². The molecule has 0 bridgehead atoms. The van der Waals surface area contributed by atoms with Gasteiger partial charge in [-0.05, 0) is 24.3 Å². The maximum atomic E-state index is 12.3. The molecule has 2 aromatic carbocycles. The van der Waals surface area contributed by atoms with Gasteiger partial charge in [0.2, 0.25) is 5.91 Å². The molecule has 2 amide bonds. The van der Waals surface area contributed by atoms with Crippen LogP contribution < -0.4 is 0 Å². The first-order valence-corrected chi connectivity index (χ1v) is 8.85. The molecule has 1 aliphatic rings. The third kappa shape index (κ3) is 2.98. The monoisotopic (exact) mass is 353 g/mol. The van der Waals surface area contributed by atoms with Gasteiger partial charge in [-0.25, -0.2) is 14.7 Å². The molecule has 4 rings (SSSR count). The van der Waals surface area contributed by atoms with Crippen LogP contribution in [0.5, 0.6) is 0 Å². The lowest BCUT2D eigenvalue weighted by Gasteiger charge is -2.11. The predicted octanol–water partition coefficient (Wildman–Crippen LogP) is 3.10. The van der Waals surface area contributed by atoms with Crippen molar-refractivity contribution in [2.75, 3.05) is 18.9 Å². The lowest BCUT2D eigenvalue weighted by Crippen LogP contribution is -2.33. The van der Waals surface area contributed by atoms with Crippen LogP contribution in [0.1, 0.15) is 0 Å². The molecule has 25 heavy (non-hydrogen) atoms. The van der Waals surface area contributed by atoms with Crippen LogP contribution in [0, 0.1) is 0 Å². The SMILES string of the molecule is O=C(CSc1nc2ccccc2n1-c1ccccc1)N1CCOC1=O. The summed E-state index contributed by atoms with van der Waals surface area (Å²) in [6.45, 7) is 0.575. The molecular formula is C18H15N3O3S. The molecule has 0 radical (unpaired) electrons. The first-order valence-electron chi connectivity index (χ1n) is 7.87. The number of imidazole rings is 1. The Morgan fingerprint density at radius 1 is 1.12 bits per heavy atom. The van der Waals surface area contributed by atoms with Gasteiger partial charge < -0.3 is 4.74 Å². The van der Waals surface area contributed by atoms with E-state index in [1.807, 2.05) is 59.2 Å². The molecule has 6 nitrogen and oxygen atoms in total. The standard InChI is InChI=1S/C18H15N3O3S/c22-16(20-10-11-24-18(20)23)12-25-17-19-14-8-4-5-9-15(14)21(17)13-6-2-1-3-7-13/h1-9H,10-12H2. The van der Waals surface area contributed by atoms with Gasteiger partial charge in [-0.2, -0.15) is 0 Å². The third-order valence-electron chi connectivity index (χ3n) is 3.93. The fourth-order valence-electron chi connectivity index (χ4n) is 2.75. The molecule has 1 aliphatic heterocycles. The molecule has 1 fully saturated rings. The number of carbonyl (C=O) groups excluding carboxylic acids is 2. The number of carbonyl (C=O) groups is 2. The molecule has 0 atom stereocenters. The number of para-hydroxylation sites is 3. The zero-order valence-corrected chi connectivity index (χ0v) is 14.1. The van der Waals surface area contributed by atoms with E-state index in [2.05, 4.69) is 4.98 Å². The lowest BCUT2D eigenvalue weighted by atomic mass is 10.3. The fraction of sp³-hybridized carbons (Fsp3) is 0.167. The van der Waals surface area contributed by atoms with E-state index in [9.17, 15) is 9.59 Å². The Bertz CT molecular complexity index is 939. The molecule has 3 aromatic rings. The number of aromatic nitrogens is 2. The van der Waals surface area contributed by atoms with Crippen molar-refractivity contribution in [2.45, 2.75) is 5.16 Å². The number of benzene rings is 2. The summed E-state index contributed by atoms with van der Waals surface area (Å²) in [6, 6.07) is 17.7.